The molecule has 0 saturated carbocycles. The normalized spacial score (nSPS) is 26.2. The zero-order chi connectivity index (χ0) is 17.7. The van der Waals surface area contributed by atoms with Gasteiger partial charge in [0, 0.05) is 5.41 Å². The van der Waals surface area contributed by atoms with Crippen molar-refractivity contribution in [2.75, 3.05) is 0 Å². The number of carbonyl (C=O) groups is 1. The van der Waals surface area contributed by atoms with Crippen LogP contribution in [0.15, 0.2) is 36.0 Å². The zero-order valence-electron chi connectivity index (χ0n) is 16.0. The summed E-state index contributed by atoms with van der Waals surface area (Å²) in [7, 11) is -1.81. The van der Waals surface area contributed by atoms with E-state index in [4.69, 9.17) is 4.43 Å². The fraction of sp³-hybridized carbons (Fsp3) is 0.650. The monoisotopic (exact) mass is 334 g/mol. The van der Waals surface area contributed by atoms with E-state index >= 15 is 0 Å². The Balaban J connectivity index is 2.80. The van der Waals surface area contributed by atoms with E-state index in [-0.39, 0.29) is 16.6 Å². The molecule has 130 valence electrons. The summed E-state index contributed by atoms with van der Waals surface area (Å²) >= 11 is 0. The van der Waals surface area contributed by atoms with E-state index in [0.29, 0.717) is 0 Å². The summed E-state index contributed by atoms with van der Waals surface area (Å²) in [6.45, 7) is 15.4. The maximum absolute atomic E-state index is 11.7. The van der Waals surface area contributed by atoms with Crippen LogP contribution in [0.3, 0.4) is 0 Å². The maximum Gasteiger partial charge on any atom is 0.192 e. The van der Waals surface area contributed by atoms with Gasteiger partial charge in [0.2, 0.25) is 0 Å². The Kier molecular flexibility index (Phi) is 6.78. The molecular weight excluding hydrogens is 300 g/mol. The second kappa shape index (κ2) is 7.76. The van der Waals surface area contributed by atoms with Gasteiger partial charge >= 0.3 is 0 Å². The van der Waals surface area contributed by atoms with Crippen molar-refractivity contribution in [1.29, 1.82) is 0 Å². The number of aldehydes is 1. The Morgan fingerprint density at radius 2 is 2.00 bits per heavy atom. The first-order valence-corrected chi connectivity index (χ1v) is 11.6. The summed E-state index contributed by atoms with van der Waals surface area (Å²) in [5, 5.41) is 0.191. The predicted octanol–water partition coefficient (Wildman–Crippen LogP) is 5.82. The van der Waals surface area contributed by atoms with E-state index in [1.807, 2.05) is 19.1 Å². The third-order valence-corrected chi connectivity index (χ3v) is 9.78. The first-order valence-electron chi connectivity index (χ1n) is 8.69. The van der Waals surface area contributed by atoms with Crippen molar-refractivity contribution in [1.82, 2.24) is 0 Å². The van der Waals surface area contributed by atoms with Crippen LogP contribution in [0.5, 0.6) is 0 Å². The van der Waals surface area contributed by atoms with Crippen molar-refractivity contribution >= 4 is 14.6 Å². The average molecular weight is 335 g/mol. The second-order valence-corrected chi connectivity index (χ2v) is 13.1. The van der Waals surface area contributed by atoms with Crippen LogP contribution in [0.2, 0.25) is 18.1 Å². The summed E-state index contributed by atoms with van der Waals surface area (Å²) in [6, 6.07) is 0. The average Bonchev–Trinajstić information content (AvgIpc) is 2.73. The first-order chi connectivity index (χ1) is 10.6. The molecule has 0 aromatic carbocycles. The molecular formula is C20H34O2Si. The van der Waals surface area contributed by atoms with Crippen molar-refractivity contribution in [3.05, 3.63) is 36.0 Å². The summed E-state index contributed by atoms with van der Waals surface area (Å²) in [6.07, 6.45) is 14.4. The lowest BCUT2D eigenvalue weighted by Gasteiger charge is -2.38. The van der Waals surface area contributed by atoms with Crippen LogP contribution in [0.4, 0.5) is 0 Å². The molecule has 1 aliphatic rings. The first kappa shape index (κ1) is 20.1. The molecule has 0 aromatic rings. The van der Waals surface area contributed by atoms with Gasteiger partial charge in [-0.25, -0.2) is 0 Å². The second-order valence-electron chi connectivity index (χ2n) is 8.34. The quantitative estimate of drug-likeness (QED) is 0.253. The highest BCUT2D eigenvalue weighted by Crippen LogP contribution is 2.44. The summed E-state index contributed by atoms with van der Waals surface area (Å²) < 4.78 is 6.51. The lowest BCUT2D eigenvalue weighted by atomic mass is 9.83. The molecule has 1 rings (SSSR count). The Bertz CT molecular complexity index is 494. The Labute approximate surface area is 143 Å². The van der Waals surface area contributed by atoms with Crippen LogP contribution in [-0.2, 0) is 9.22 Å². The van der Waals surface area contributed by atoms with Crippen LogP contribution in [0.1, 0.15) is 53.9 Å². The third-order valence-electron chi connectivity index (χ3n) is 5.28. The van der Waals surface area contributed by atoms with Crippen LogP contribution in [0.25, 0.3) is 0 Å². The third kappa shape index (κ3) is 5.29. The molecule has 0 aromatic heterocycles. The van der Waals surface area contributed by atoms with Crippen molar-refractivity contribution in [2.45, 2.75) is 78.1 Å². The maximum atomic E-state index is 11.7. The summed E-state index contributed by atoms with van der Waals surface area (Å²) in [5.41, 5.74) is 0.878. The van der Waals surface area contributed by atoms with E-state index in [1.165, 1.54) is 5.57 Å². The van der Waals surface area contributed by atoms with Crippen LogP contribution in [0, 0.1) is 5.41 Å². The highest BCUT2D eigenvalue weighted by Gasteiger charge is 2.43. The predicted molar refractivity (Wildman–Crippen MR) is 102 cm³/mol. The molecule has 0 unspecified atom stereocenters. The molecule has 0 saturated heterocycles. The van der Waals surface area contributed by atoms with Crippen LogP contribution < -0.4 is 0 Å². The lowest BCUT2D eigenvalue weighted by molar-refractivity contribution is -0.114. The Morgan fingerprint density at radius 3 is 2.52 bits per heavy atom. The highest BCUT2D eigenvalue weighted by molar-refractivity contribution is 6.74. The van der Waals surface area contributed by atoms with Crippen molar-refractivity contribution in [3.63, 3.8) is 0 Å². The van der Waals surface area contributed by atoms with Gasteiger partial charge in [-0.2, -0.15) is 0 Å². The molecule has 0 heterocycles. The van der Waals surface area contributed by atoms with Crippen LogP contribution >= 0.6 is 0 Å². The van der Waals surface area contributed by atoms with Crippen molar-refractivity contribution in [2.24, 2.45) is 5.41 Å². The molecule has 0 radical (unpaired) electrons. The standard InChI is InChI=1S/C20H34O2Si/c1-8-9-10-11-12-13-17-14-18(15-20(17,5)16-21)22-23(6,7)19(2,3)4/h8-11,14,16,18H,12-13,15H2,1-7H3/b9-8+,11-10-/t18-,20+/m0/s1. The van der Waals surface area contributed by atoms with Gasteiger partial charge in [-0.15, -0.1) is 0 Å². The number of hydrogen-bond acceptors (Lipinski definition) is 2. The number of allylic oxidation sites excluding steroid dienone is 5. The Morgan fingerprint density at radius 1 is 1.35 bits per heavy atom. The van der Waals surface area contributed by atoms with Gasteiger partial charge in [-0.1, -0.05) is 56.7 Å². The minimum absolute atomic E-state index is 0.0839. The molecule has 3 heteroatoms. The van der Waals surface area contributed by atoms with Crippen LogP contribution in [-0.4, -0.2) is 20.7 Å². The number of hydrogen-bond donors (Lipinski definition) is 0. The SMILES string of the molecule is C/C=C/C=C\CCC1=C[C@H](O[Si](C)(C)C(C)(C)C)C[C@]1(C)C=O. The van der Waals surface area contributed by atoms with Gasteiger partial charge < -0.3 is 9.22 Å². The molecule has 0 aliphatic heterocycles. The number of carbonyl (C=O) groups excluding carboxylic acids is 1. The highest BCUT2D eigenvalue weighted by atomic mass is 28.4. The molecule has 0 spiro atoms. The van der Waals surface area contributed by atoms with E-state index in [2.05, 4.69) is 59.0 Å². The lowest BCUT2D eigenvalue weighted by Crippen LogP contribution is -2.43. The molecule has 0 amide bonds. The largest absolute Gasteiger partial charge is 0.411 e. The molecule has 1 aliphatic carbocycles. The van der Waals surface area contributed by atoms with Gasteiger partial charge in [0.25, 0.3) is 0 Å². The summed E-state index contributed by atoms with van der Waals surface area (Å²) in [4.78, 5) is 11.7. The summed E-state index contributed by atoms with van der Waals surface area (Å²) in [5.74, 6) is 0. The Hall–Kier alpha value is -0.933. The van der Waals surface area contributed by atoms with Gasteiger partial charge in [0.15, 0.2) is 8.32 Å². The number of rotatable bonds is 7. The fourth-order valence-corrected chi connectivity index (χ4v) is 3.93. The fourth-order valence-electron chi connectivity index (χ4n) is 2.67. The van der Waals surface area contributed by atoms with Gasteiger partial charge in [-0.3, -0.25) is 0 Å². The molecule has 0 N–H and O–H groups in total. The van der Waals surface area contributed by atoms with Gasteiger partial charge in [-0.05, 0) is 51.2 Å². The topological polar surface area (TPSA) is 26.3 Å². The van der Waals surface area contributed by atoms with Gasteiger partial charge in [0.1, 0.15) is 6.29 Å². The van der Waals surface area contributed by atoms with E-state index in [1.54, 1.807) is 0 Å². The van der Waals surface area contributed by atoms with E-state index < -0.39 is 8.32 Å². The molecule has 2 atom stereocenters. The molecule has 2 nitrogen and oxygen atoms in total. The minimum Gasteiger partial charge on any atom is -0.411 e. The smallest absolute Gasteiger partial charge is 0.192 e. The molecule has 0 fully saturated rings. The van der Waals surface area contributed by atoms with E-state index in [9.17, 15) is 4.79 Å². The van der Waals surface area contributed by atoms with E-state index in [0.717, 1.165) is 25.5 Å². The van der Waals surface area contributed by atoms with Crippen molar-refractivity contribution < 1.29 is 9.22 Å². The zero-order valence-corrected chi connectivity index (χ0v) is 17.0. The van der Waals surface area contributed by atoms with Gasteiger partial charge in [0.05, 0.1) is 6.10 Å². The molecule has 0 bridgehead atoms. The minimum atomic E-state index is -1.81. The van der Waals surface area contributed by atoms with Crippen molar-refractivity contribution in [3.8, 4) is 0 Å². The molecule has 23 heavy (non-hydrogen) atoms.